The summed E-state index contributed by atoms with van der Waals surface area (Å²) in [6.45, 7) is 0. The molecule has 0 atom stereocenters. The Morgan fingerprint density at radius 3 is 1.72 bits per heavy atom. The van der Waals surface area contributed by atoms with Gasteiger partial charge in [-0.2, -0.15) is 8.42 Å². The maximum absolute atomic E-state index is 11.4. The molecule has 8 heteroatoms. The monoisotopic (exact) mass is 306 g/mol. The van der Waals surface area contributed by atoms with Gasteiger partial charge < -0.3 is 0 Å². The van der Waals surface area contributed by atoms with E-state index in [1.165, 1.54) is 36.4 Å². The van der Waals surface area contributed by atoms with Crippen LogP contribution in [0, 0.1) is 0 Å². The largest absolute Gasteiger partial charge is 0.295 e. The zero-order valence-corrected chi connectivity index (χ0v) is 11.1. The molecule has 0 aliphatic heterocycles. The van der Waals surface area contributed by atoms with E-state index < -0.39 is 19.2 Å². The van der Waals surface area contributed by atoms with Crippen molar-refractivity contribution in [3.05, 3.63) is 36.4 Å². The highest BCUT2D eigenvalue weighted by molar-refractivity contribution is 8.14. The van der Waals surface area contributed by atoms with Gasteiger partial charge >= 0.3 is 0 Å². The van der Waals surface area contributed by atoms with Gasteiger partial charge in [-0.25, -0.2) is 8.42 Å². The zero-order valence-electron chi connectivity index (χ0n) is 8.74. The van der Waals surface area contributed by atoms with E-state index in [4.69, 9.17) is 15.2 Å². The molecule has 0 aromatic heterocycles. The molecule has 0 aliphatic carbocycles. The van der Waals surface area contributed by atoms with E-state index in [0.29, 0.717) is 0 Å². The lowest BCUT2D eigenvalue weighted by atomic mass is 10.1. The van der Waals surface area contributed by atoms with Crippen molar-refractivity contribution in [1.82, 2.24) is 0 Å². The zero-order chi connectivity index (χ0) is 13.6. The number of hydrogen-bond acceptors (Lipinski definition) is 4. The molecule has 2 rings (SSSR count). The van der Waals surface area contributed by atoms with Crippen molar-refractivity contribution in [2.75, 3.05) is 0 Å². The van der Waals surface area contributed by atoms with Crippen LogP contribution in [-0.2, 0) is 19.2 Å². The predicted octanol–water partition coefficient (Wildman–Crippen LogP) is 2.01. The Bertz CT molecular complexity index is 753. The van der Waals surface area contributed by atoms with Crippen molar-refractivity contribution in [3.63, 3.8) is 0 Å². The Morgan fingerprint density at radius 2 is 1.28 bits per heavy atom. The minimum atomic E-state index is -4.43. The highest BCUT2D eigenvalue weighted by Gasteiger charge is 2.19. The second-order valence-electron chi connectivity index (χ2n) is 3.52. The number of benzene rings is 2. The first-order chi connectivity index (χ1) is 8.21. The topological polar surface area (TPSA) is 88.5 Å². The maximum Gasteiger partial charge on any atom is 0.295 e. The fourth-order valence-corrected chi connectivity index (χ4v) is 3.48. The van der Waals surface area contributed by atoms with Gasteiger partial charge in [-0.3, -0.25) is 4.55 Å². The first-order valence-electron chi connectivity index (χ1n) is 4.65. The molecule has 0 saturated heterocycles. The highest BCUT2D eigenvalue weighted by atomic mass is 35.7. The Labute approximate surface area is 108 Å². The van der Waals surface area contributed by atoms with Crippen LogP contribution in [0.4, 0.5) is 0 Å². The van der Waals surface area contributed by atoms with Crippen molar-refractivity contribution in [3.8, 4) is 0 Å². The van der Waals surface area contributed by atoms with Crippen LogP contribution < -0.4 is 0 Å². The van der Waals surface area contributed by atoms with Crippen LogP contribution in [0.25, 0.3) is 10.8 Å². The fraction of sp³-hybridized carbons (Fsp3) is 0. The number of rotatable bonds is 2. The van der Waals surface area contributed by atoms with Gasteiger partial charge in [0.25, 0.3) is 19.2 Å². The number of fused-ring (bicyclic) bond motifs is 1. The van der Waals surface area contributed by atoms with Gasteiger partial charge in [0.15, 0.2) is 0 Å². The quantitative estimate of drug-likeness (QED) is 0.677. The van der Waals surface area contributed by atoms with Crippen molar-refractivity contribution in [2.45, 2.75) is 9.79 Å². The summed E-state index contributed by atoms with van der Waals surface area (Å²) in [4.78, 5) is -0.561. The summed E-state index contributed by atoms with van der Waals surface area (Å²) < 4.78 is 54.2. The fourth-order valence-electron chi connectivity index (χ4n) is 1.69. The average molecular weight is 307 g/mol. The lowest BCUT2D eigenvalue weighted by Crippen LogP contribution is -2.00. The normalized spacial score (nSPS) is 12.8. The van der Waals surface area contributed by atoms with Gasteiger partial charge in [-0.15, -0.1) is 0 Å². The Balaban J connectivity index is 3.00. The summed E-state index contributed by atoms with van der Waals surface area (Å²) in [6.07, 6.45) is 0. The summed E-state index contributed by atoms with van der Waals surface area (Å²) in [6, 6.07) is 7.94. The third-order valence-electron chi connectivity index (χ3n) is 2.38. The van der Waals surface area contributed by atoms with Crippen molar-refractivity contribution in [1.29, 1.82) is 0 Å². The van der Waals surface area contributed by atoms with E-state index in [1.807, 2.05) is 0 Å². The molecule has 0 heterocycles. The molecule has 0 unspecified atom stereocenters. The molecule has 2 aromatic carbocycles. The molecule has 0 aliphatic rings. The molecule has 2 aromatic rings. The summed E-state index contributed by atoms with van der Waals surface area (Å²) in [5, 5.41) is 0.240. The smallest absolute Gasteiger partial charge is 0.282 e. The molecule has 0 bridgehead atoms. The van der Waals surface area contributed by atoms with E-state index in [9.17, 15) is 16.8 Å². The summed E-state index contributed by atoms with van der Waals surface area (Å²) in [5.41, 5.74) is 0. The minimum absolute atomic E-state index is 0.0988. The lowest BCUT2D eigenvalue weighted by molar-refractivity contribution is 0.484. The van der Waals surface area contributed by atoms with E-state index in [1.54, 1.807) is 0 Å². The minimum Gasteiger partial charge on any atom is -0.282 e. The summed E-state index contributed by atoms with van der Waals surface area (Å²) in [7, 11) is -3.16. The lowest BCUT2D eigenvalue weighted by Gasteiger charge is -2.06. The number of halogens is 1. The van der Waals surface area contributed by atoms with E-state index in [-0.39, 0.29) is 20.6 Å². The number of hydrogen-bond donors (Lipinski definition) is 1. The van der Waals surface area contributed by atoms with Crippen LogP contribution in [-0.4, -0.2) is 21.4 Å². The molecule has 96 valence electrons. The molecule has 18 heavy (non-hydrogen) atoms. The van der Waals surface area contributed by atoms with E-state index >= 15 is 0 Å². The van der Waals surface area contributed by atoms with Crippen molar-refractivity contribution in [2.24, 2.45) is 0 Å². The molecule has 5 nitrogen and oxygen atoms in total. The Kier molecular flexibility index (Phi) is 3.10. The molecular weight excluding hydrogens is 300 g/mol. The van der Waals surface area contributed by atoms with E-state index in [0.717, 1.165) is 0 Å². The van der Waals surface area contributed by atoms with Crippen molar-refractivity contribution < 1.29 is 21.4 Å². The van der Waals surface area contributed by atoms with Crippen LogP contribution in [0.3, 0.4) is 0 Å². The SMILES string of the molecule is O=S(=O)(O)c1cccc2c(S(=O)(=O)Cl)cccc12. The van der Waals surface area contributed by atoms with Crippen molar-refractivity contribution >= 4 is 40.6 Å². The van der Waals surface area contributed by atoms with Gasteiger partial charge in [0.2, 0.25) is 0 Å². The van der Waals surface area contributed by atoms with Crippen LogP contribution >= 0.6 is 10.7 Å². The third-order valence-corrected chi connectivity index (χ3v) is 4.67. The standard InChI is InChI=1S/C10H7ClO5S2/c11-17(12,13)9-5-1-4-8-7(9)3-2-6-10(8)18(14,15)16/h1-6H,(H,14,15,16). The van der Waals surface area contributed by atoms with Crippen LogP contribution in [0.15, 0.2) is 46.2 Å². The van der Waals surface area contributed by atoms with Gasteiger partial charge in [-0.1, -0.05) is 24.3 Å². The molecule has 1 N–H and O–H groups in total. The van der Waals surface area contributed by atoms with Gasteiger partial charge in [-0.05, 0) is 12.1 Å². The highest BCUT2D eigenvalue weighted by Crippen LogP contribution is 2.29. The predicted molar refractivity (Wildman–Crippen MR) is 66.8 cm³/mol. The first-order valence-corrected chi connectivity index (χ1v) is 8.40. The molecule has 0 saturated carbocycles. The second kappa shape index (κ2) is 4.20. The second-order valence-corrected chi connectivity index (χ2v) is 7.44. The van der Waals surface area contributed by atoms with E-state index in [2.05, 4.69) is 0 Å². The molecular formula is C10H7ClO5S2. The Morgan fingerprint density at radius 1 is 0.833 bits per heavy atom. The molecule has 0 spiro atoms. The van der Waals surface area contributed by atoms with Crippen LogP contribution in [0.5, 0.6) is 0 Å². The Hall–Kier alpha value is -1.15. The maximum atomic E-state index is 11.4. The van der Waals surface area contributed by atoms with Crippen LogP contribution in [0.2, 0.25) is 0 Å². The first kappa shape index (κ1) is 13.3. The molecule has 0 amide bonds. The average Bonchev–Trinajstić information content (AvgIpc) is 2.24. The summed E-state index contributed by atoms with van der Waals surface area (Å²) in [5.74, 6) is 0. The van der Waals surface area contributed by atoms with Crippen LogP contribution in [0.1, 0.15) is 0 Å². The van der Waals surface area contributed by atoms with Gasteiger partial charge in [0, 0.05) is 21.5 Å². The molecule has 0 radical (unpaired) electrons. The molecule has 0 fully saturated rings. The summed E-state index contributed by atoms with van der Waals surface area (Å²) >= 11 is 0. The third kappa shape index (κ3) is 2.35. The van der Waals surface area contributed by atoms with Gasteiger partial charge in [0.1, 0.15) is 4.90 Å². The van der Waals surface area contributed by atoms with Gasteiger partial charge in [0.05, 0.1) is 4.90 Å².